The van der Waals surface area contributed by atoms with Crippen molar-refractivity contribution < 1.29 is 8.79 Å². The van der Waals surface area contributed by atoms with Gasteiger partial charge in [0.05, 0.1) is 5.02 Å². The second-order valence-electron chi connectivity index (χ2n) is 3.93. The minimum atomic E-state index is -0.249. The van der Waals surface area contributed by atoms with Crippen LogP contribution in [0.15, 0.2) is 54.9 Å². The summed E-state index contributed by atoms with van der Waals surface area (Å²) in [5.74, 6) is -0.249. The van der Waals surface area contributed by atoms with Crippen molar-refractivity contribution in [2.24, 2.45) is 0 Å². The number of pyridine rings is 1. The van der Waals surface area contributed by atoms with Crippen LogP contribution in [0.25, 0.3) is 16.9 Å². The van der Waals surface area contributed by atoms with E-state index in [1.807, 2.05) is 22.7 Å². The number of nitrogens with zero attached hydrogens (tertiary/aromatic N) is 2. The predicted octanol–water partition coefficient (Wildman–Crippen LogP) is 3.28. The summed E-state index contributed by atoms with van der Waals surface area (Å²) >= 11 is 5.90. The Kier molecular flexibility index (Phi) is 2.68. The zero-order chi connectivity index (χ0) is 12.5. The highest BCUT2D eigenvalue weighted by Gasteiger charge is 2.09. The third-order valence-corrected chi connectivity index (χ3v) is 2.91. The first-order chi connectivity index (χ1) is 8.72. The van der Waals surface area contributed by atoms with E-state index < -0.39 is 0 Å². The Morgan fingerprint density at radius 1 is 1.00 bits per heavy atom. The van der Waals surface area contributed by atoms with Crippen molar-refractivity contribution in [3.8, 4) is 11.3 Å². The third-order valence-electron chi connectivity index (χ3n) is 2.69. The molecule has 2 heterocycles. The van der Waals surface area contributed by atoms with E-state index in [2.05, 4.69) is 4.98 Å². The highest BCUT2D eigenvalue weighted by atomic mass is 35.5. The van der Waals surface area contributed by atoms with Crippen LogP contribution in [0.4, 0.5) is 4.39 Å². The molecular formula is C14H9ClFN2+. The molecule has 0 unspecified atom stereocenters. The van der Waals surface area contributed by atoms with E-state index in [0.29, 0.717) is 5.02 Å². The Bertz CT molecular complexity index is 711. The summed E-state index contributed by atoms with van der Waals surface area (Å²) < 4.78 is 14.7. The highest BCUT2D eigenvalue weighted by molar-refractivity contribution is 6.30. The SMILES string of the molecule is Fc1ccc(-c2cc[n+]3cc(Cl)ccc3n2)cc1. The predicted molar refractivity (Wildman–Crippen MR) is 67.8 cm³/mol. The number of benzene rings is 1. The maximum Gasteiger partial charge on any atom is 0.328 e. The first kappa shape index (κ1) is 11.1. The van der Waals surface area contributed by atoms with E-state index in [0.717, 1.165) is 16.9 Å². The largest absolute Gasteiger partial charge is 0.328 e. The molecule has 0 saturated heterocycles. The van der Waals surface area contributed by atoms with Gasteiger partial charge in [0.1, 0.15) is 18.2 Å². The number of rotatable bonds is 1. The van der Waals surface area contributed by atoms with Gasteiger partial charge in [0.25, 0.3) is 0 Å². The fourth-order valence-corrected chi connectivity index (χ4v) is 1.96. The van der Waals surface area contributed by atoms with Gasteiger partial charge < -0.3 is 0 Å². The zero-order valence-corrected chi connectivity index (χ0v) is 10.1. The average Bonchev–Trinajstić information content (AvgIpc) is 2.39. The number of hydrogen-bond donors (Lipinski definition) is 0. The molecule has 0 aliphatic heterocycles. The van der Waals surface area contributed by atoms with Gasteiger partial charge in [0, 0.05) is 17.7 Å². The summed E-state index contributed by atoms with van der Waals surface area (Å²) in [6, 6.07) is 11.8. The summed E-state index contributed by atoms with van der Waals surface area (Å²) in [5.41, 5.74) is 2.48. The fourth-order valence-electron chi connectivity index (χ4n) is 1.79. The molecule has 0 amide bonds. The summed E-state index contributed by atoms with van der Waals surface area (Å²) in [5, 5.41) is 0.656. The van der Waals surface area contributed by atoms with Crippen molar-refractivity contribution in [1.29, 1.82) is 0 Å². The smallest absolute Gasteiger partial charge is 0.207 e. The fraction of sp³-hybridized carbons (Fsp3) is 0. The summed E-state index contributed by atoms with van der Waals surface area (Å²) in [6.45, 7) is 0. The maximum absolute atomic E-state index is 12.9. The lowest BCUT2D eigenvalue weighted by molar-refractivity contribution is -0.514. The lowest BCUT2D eigenvalue weighted by Crippen LogP contribution is -2.21. The first-order valence-electron chi connectivity index (χ1n) is 5.46. The topological polar surface area (TPSA) is 17.0 Å². The number of hydrogen-bond acceptors (Lipinski definition) is 1. The number of aromatic nitrogens is 2. The molecule has 0 fully saturated rings. The van der Waals surface area contributed by atoms with Gasteiger partial charge in [0.2, 0.25) is 0 Å². The maximum atomic E-state index is 12.9. The van der Waals surface area contributed by atoms with E-state index in [9.17, 15) is 4.39 Å². The van der Waals surface area contributed by atoms with Gasteiger partial charge in [-0.05, 0) is 35.3 Å². The van der Waals surface area contributed by atoms with Crippen LogP contribution in [0, 0.1) is 5.82 Å². The van der Waals surface area contributed by atoms with Crippen molar-refractivity contribution in [3.05, 3.63) is 65.7 Å². The molecule has 3 rings (SSSR count). The molecule has 0 saturated carbocycles. The van der Waals surface area contributed by atoms with Crippen molar-refractivity contribution in [2.45, 2.75) is 0 Å². The molecule has 4 heteroatoms. The molecule has 18 heavy (non-hydrogen) atoms. The Hall–Kier alpha value is -2.00. The van der Waals surface area contributed by atoms with E-state index >= 15 is 0 Å². The summed E-state index contributed by atoms with van der Waals surface area (Å²) in [4.78, 5) is 4.50. The number of fused-ring (bicyclic) bond motifs is 1. The monoisotopic (exact) mass is 259 g/mol. The highest BCUT2D eigenvalue weighted by Crippen LogP contribution is 2.17. The Morgan fingerprint density at radius 3 is 2.56 bits per heavy atom. The van der Waals surface area contributed by atoms with Crippen LogP contribution in [0.3, 0.4) is 0 Å². The lowest BCUT2D eigenvalue weighted by atomic mass is 10.1. The molecule has 0 atom stereocenters. The van der Waals surface area contributed by atoms with Crippen molar-refractivity contribution in [2.75, 3.05) is 0 Å². The lowest BCUT2D eigenvalue weighted by Gasteiger charge is -1.97. The Balaban J connectivity index is 2.13. The van der Waals surface area contributed by atoms with Gasteiger partial charge in [-0.2, -0.15) is 0 Å². The van der Waals surface area contributed by atoms with Crippen molar-refractivity contribution in [3.63, 3.8) is 0 Å². The van der Waals surface area contributed by atoms with Crippen LogP contribution in [0.2, 0.25) is 5.02 Å². The van der Waals surface area contributed by atoms with E-state index in [-0.39, 0.29) is 5.82 Å². The van der Waals surface area contributed by atoms with Crippen LogP contribution < -0.4 is 4.40 Å². The number of halogens is 2. The van der Waals surface area contributed by atoms with Crippen LogP contribution in [0.1, 0.15) is 0 Å². The molecule has 88 valence electrons. The molecule has 0 aliphatic carbocycles. The van der Waals surface area contributed by atoms with E-state index in [4.69, 9.17) is 11.6 Å². The van der Waals surface area contributed by atoms with E-state index in [1.165, 1.54) is 12.1 Å². The molecule has 0 N–H and O–H groups in total. The van der Waals surface area contributed by atoms with Crippen LogP contribution in [0.5, 0.6) is 0 Å². The molecule has 0 spiro atoms. The quantitative estimate of drug-likeness (QED) is 0.613. The molecule has 1 aromatic carbocycles. The van der Waals surface area contributed by atoms with Crippen LogP contribution >= 0.6 is 11.6 Å². The van der Waals surface area contributed by atoms with Crippen molar-refractivity contribution >= 4 is 17.2 Å². The van der Waals surface area contributed by atoms with Gasteiger partial charge in [-0.15, -0.1) is 0 Å². The molecular weight excluding hydrogens is 251 g/mol. The molecule has 0 bridgehead atoms. The second-order valence-corrected chi connectivity index (χ2v) is 4.37. The third kappa shape index (κ3) is 2.05. The molecule has 2 aromatic heterocycles. The van der Waals surface area contributed by atoms with Crippen LogP contribution in [-0.2, 0) is 0 Å². The molecule has 0 aliphatic rings. The second kappa shape index (κ2) is 4.35. The Morgan fingerprint density at radius 2 is 1.78 bits per heavy atom. The summed E-state index contributed by atoms with van der Waals surface area (Å²) in [6.07, 6.45) is 3.67. The normalized spacial score (nSPS) is 10.8. The van der Waals surface area contributed by atoms with Gasteiger partial charge in [-0.3, -0.25) is 0 Å². The molecule has 3 aromatic rings. The average molecular weight is 260 g/mol. The molecule has 0 radical (unpaired) electrons. The first-order valence-corrected chi connectivity index (χ1v) is 5.84. The standard InChI is InChI=1S/C14H9ClFN2/c15-11-3-6-14-17-13(7-8-18(14)9-11)10-1-4-12(16)5-2-10/h1-9H/q+1. The van der Waals surface area contributed by atoms with E-state index in [1.54, 1.807) is 24.4 Å². The minimum Gasteiger partial charge on any atom is -0.207 e. The zero-order valence-electron chi connectivity index (χ0n) is 9.35. The van der Waals surface area contributed by atoms with Gasteiger partial charge in [0.15, 0.2) is 5.69 Å². The van der Waals surface area contributed by atoms with Crippen molar-refractivity contribution in [1.82, 2.24) is 4.98 Å². The minimum absolute atomic E-state index is 0.249. The summed E-state index contributed by atoms with van der Waals surface area (Å²) in [7, 11) is 0. The van der Waals surface area contributed by atoms with Gasteiger partial charge in [-0.1, -0.05) is 11.6 Å². The van der Waals surface area contributed by atoms with Gasteiger partial charge in [-0.25, -0.2) is 8.79 Å². The Labute approximate surface area is 108 Å². The molecule has 2 nitrogen and oxygen atoms in total. The van der Waals surface area contributed by atoms with Gasteiger partial charge >= 0.3 is 5.65 Å². The van der Waals surface area contributed by atoms with Crippen LogP contribution in [-0.4, -0.2) is 4.98 Å².